The predicted octanol–water partition coefficient (Wildman–Crippen LogP) is 3.28. The molecule has 92 valence electrons. The molecule has 1 N–H and O–H groups in total. The molecular formula is C14H20N2O. The topological polar surface area (TPSA) is 38.1 Å². The lowest BCUT2D eigenvalue weighted by atomic mass is 10.2. The molecule has 1 heterocycles. The van der Waals surface area contributed by atoms with Gasteiger partial charge < -0.3 is 9.73 Å². The van der Waals surface area contributed by atoms with Crippen LogP contribution in [-0.4, -0.2) is 11.5 Å². The average Bonchev–Trinajstić information content (AvgIpc) is 2.75. The molecule has 0 saturated heterocycles. The summed E-state index contributed by atoms with van der Waals surface area (Å²) in [7, 11) is 0. The lowest BCUT2D eigenvalue weighted by molar-refractivity contribution is 0.517. The molecule has 0 saturated carbocycles. The predicted molar refractivity (Wildman–Crippen MR) is 70.0 cm³/mol. The number of rotatable bonds is 6. The van der Waals surface area contributed by atoms with Gasteiger partial charge in [-0.25, -0.2) is 4.98 Å². The van der Waals surface area contributed by atoms with Gasteiger partial charge in [0, 0.05) is 13.0 Å². The number of aryl methyl sites for hydroxylation is 1. The lowest BCUT2D eigenvalue weighted by Gasteiger charge is -2.00. The average molecular weight is 232 g/mol. The van der Waals surface area contributed by atoms with Crippen LogP contribution in [0.1, 0.15) is 38.1 Å². The molecule has 0 unspecified atom stereocenters. The van der Waals surface area contributed by atoms with E-state index in [1.165, 1.54) is 12.0 Å². The second kappa shape index (κ2) is 5.82. The van der Waals surface area contributed by atoms with Crippen LogP contribution in [-0.2, 0) is 13.0 Å². The SMILES string of the molecule is CCCCc1nc2cc(CNCC)ccc2o1. The molecule has 0 aliphatic rings. The van der Waals surface area contributed by atoms with Crippen LogP contribution >= 0.6 is 0 Å². The first-order valence-corrected chi connectivity index (χ1v) is 6.42. The minimum atomic E-state index is 0.863. The van der Waals surface area contributed by atoms with Gasteiger partial charge in [0.15, 0.2) is 11.5 Å². The first-order chi connectivity index (χ1) is 8.33. The minimum Gasteiger partial charge on any atom is -0.441 e. The van der Waals surface area contributed by atoms with Crippen molar-refractivity contribution >= 4 is 11.1 Å². The fourth-order valence-electron chi connectivity index (χ4n) is 1.83. The number of unbranched alkanes of at least 4 members (excludes halogenated alkanes) is 1. The van der Waals surface area contributed by atoms with E-state index >= 15 is 0 Å². The molecule has 2 aromatic rings. The van der Waals surface area contributed by atoms with Crippen molar-refractivity contribution in [2.75, 3.05) is 6.54 Å². The molecule has 0 bridgehead atoms. The third kappa shape index (κ3) is 3.07. The number of nitrogens with one attached hydrogen (secondary N) is 1. The van der Waals surface area contributed by atoms with E-state index in [9.17, 15) is 0 Å². The van der Waals surface area contributed by atoms with Crippen LogP contribution in [0.15, 0.2) is 22.6 Å². The third-order valence-electron chi connectivity index (χ3n) is 2.82. The zero-order valence-corrected chi connectivity index (χ0v) is 10.6. The highest BCUT2D eigenvalue weighted by Crippen LogP contribution is 2.18. The third-order valence-corrected chi connectivity index (χ3v) is 2.82. The van der Waals surface area contributed by atoms with Gasteiger partial charge in [0.2, 0.25) is 0 Å². The molecule has 1 aromatic heterocycles. The molecule has 3 nitrogen and oxygen atoms in total. The Morgan fingerprint density at radius 3 is 2.94 bits per heavy atom. The zero-order chi connectivity index (χ0) is 12.1. The van der Waals surface area contributed by atoms with Crippen molar-refractivity contribution in [1.29, 1.82) is 0 Å². The van der Waals surface area contributed by atoms with Gasteiger partial charge in [-0.2, -0.15) is 0 Å². The summed E-state index contributed by atoms with van der Waals surface area (Å²) >= 11 is 0. The van der Waals surface area contributed by atoms with Crippen molar-refractivity contribution in [3.05, 3.63) is 29.7 Å². The van der Waals surface area contributed by atoms with Crippen LogP contribution in [0.3, 0.4) is 0 Å². The Labute approximate surface area is 102 Å². The fraction of sp³-hybridized carbons (Fsp3) is 0.500. The van der Waals surface area contributed by atoms with E-state index in [1.807, 2.05) is 6.07 Å². The van der Waals surface area contributed by atoms with Crippen LogP contribution < -0.4 is 5.32 Å². The van der Waals surface area contributed by atoms with Crippen LogP contribution in [0, 0.1) is 0 Å². The Hall–Kier alpha value is -1.35. The standard InChI is InChI=1S/C14H20N2O/c1-3-5-6-14-16-12-9-11(10-15-4-2)7-8-13(12)17-14/h7-9,15H,3-6,10H2,1-2H3. The molecule has 0 spiro atoms. The Morgan fingerprint density at radius 2 is 2.18 bits per heavy atom. The molecule has 0 aliphatic carbocycles. The summed E-state index contributed by atoms with van der Waals surface area (Å²) in [6.07, 6.45) is 3.25. The largest absolute Gasteiger partial charge is 0.441 e. The molecule has 0 radical (unpaired) electrons. The van der Waals surface area contributed by atoms with Crippen molar-refractivity contribution in [1.82, 2.24) is 10.3 Å². The highest BCUT2D eigenvalue weighted by molar-refractivity contribution is 5.73. The summed E-state index contributed by atoms with van der Waals surface area (Å²) in [5, 5.41) is 3.31. The molecule has 1 aromatic carbocycles. The van der Waals surface area contributed by atoms with Gasteiger partial charge in [0.25, 0.3) is 0 Å². The Morgan fingerprint density at radius 1 is 1.29 bits per heavy atom. The van der Waals surface area contributed by atoms with Gasteiger partial charge in [0.05, 0.1) is 0 Å². The second-order valence-corrected chi connectivity index (χ2v) is 4.29. The lowest BCUT2D eigenvalue weighted by Crippen LogP contribution is -2.11. The summed E-state index contributed by atoms with van der Waals surface area (Å²) < 4.78 is 5.70. The summed E-state index contributed by atoms with van der Waals surface area (Å²) in [6.45, 7) is 6.16. The van der Waals surface area contributed by atoms with Crippen LogP contribution in [0.25, 0.3) is 11.1 Å². The molecule has 0 amide bonds. The summed E-state index contributed by atoms with van der Waals surface area (Å²) in [5.41, 5.74) is 3.14. The number of oxazole rings is 1. The first kappa shape index (κ1) is 12.1. The van der Waals surface area contributed by atoms with Crippen molar-refractivity contribution in [3.63, 3.8) is 0 Å². The quantitative estimate of drug-likeness (QED) is 0.830. The van der Waals surface area contributed by atoms with E-state index in [-0.39, 0.29) is 0 Å². The maximum atomic E-state index is 5.70. The summed E-state index contributed by atoms with van der Waals surface area (Å²) in [4.78, 5) is 4.52. The molecule has 3 heteroatoms. The molecule has 17 heavy (non-hydrogen) atoms. The monoisotopic (exact) mass is 232 g/mol. The van der Waals surface area contributed by atoms with Crippen molar-refractivity contribution < 1.29 is 4.42 Å². The highest BCUT2D eigenvalue weighted by atomic mass is 16.3. The number of hydrogen-bond donors (Lipinski definition) is 1. The fourth-order valence-corrected chi connectivity index (χ4v) is 1.83. The van der Waals surface area contributed by atoms with E-state index < -0.39 is 0 Å². The van der Waals surface area contributed by atoms with Crippen molar-refractivity contribution in [3.8, 4) is 0 Å². The maximum Gasteiger partial charge on any atom is 0.195 e. The molecule has 0 fully saturated rings. The first-order valence-electron chi connectivity index (χ1n) is 6.42. The number of hydrogen-bond acceptors (Lipinski definition) is 3. The van der Waals surface area contributed by atoms with Gasteiger partial charge in [0.1, 0.15) is 5.52 Å². The van der Waals surface area contributed by atoms with Gasteiger partial charge in [-0.3, -0.25) is 0 Å². The Balaban J connectivity index is 2.15. The Kier molecular flexibility index (Phi) is 4.15. The number of fused-ring (bicyclic) bond motifs is 1. The van der Waals surface area contributed by atoms with E-state index in [2.05, 4.69) is 36.3 Å². The van der Waals surface area contributed by atoms with Gasteiger partial charge in [-0.15, -0.1) is 0 Å². The smallest absolute Gasteiger partial charge is 0.195 e. The van der Waals surface area contributed by atoms with Crippen molar-refractivity contribution in [2.45, 2.75) is 39.7 Å². The zero-order valence-electron chi connectivity index (χ0n) is 10.6. The number of benzene rings is 1. The van der Waals surface area contributed by atoms with Crippen LogP contribution in [0.5, 0.6) is 0 Å². The van der Waals surface area contributed by atoms with Gasteiger partial charge in [-0.1, -0.05) is 26.3 Å². The van der Waals surface area contributed by atoms with Gasteiger partial charge in [-0.05, 0) is 30.7 Å². The second-order valence-electron chi connectivity index (χ2n) is 4.29. The van der Waals surface area contributed by atoms with E-state index in [4.69, 9.17) is 4.42 Å². The molecule has 0 atom stereocenters. The van der Waals surface area contributed by atoms with Crippen LogP contribution in [0.4, 0.5) is 0 Å². The number of nitrogens with zero attached hydrogens (tertiary/aromatic N) is 1. The Bertz CT molecular complexity index is 470. The van der Waals surface area contributed by atoms with E-state index in [0.29, 0.717) is 0 Å². The maximum absolute atomic E-state index is 5.70. The molecular weight excluding hydrogens is 212 g/mol. The molecule has 2 rings (SSSR count). The summed E-state index contributed by atoms with van der Waals surface area (Å²) in [6, 6.07) is 6.22. The van der Waals surface area contributed by atoms with E-state index in [0.717, 1.165) is 42.9 Å². The number of aromatic nitrogens is 1. The minimum absolute atomic E-state index is 0.863. The van der Waals surface area contributed by atoms with Crippen LogP contribution in [0.2, 0.25) is 0 Å². The normalized spacial score (nSPS) is 11.2. The summed E-state index contributed by atoms with van der Waals surface area (Å²) in [5.74, 6) is 0.863. The highest BCUT2D eigenvalue weighted by Gasteiger charge is 2.05. The van der Waals surface area contributed by atoms with E-state index in [1.54, 1.807) is 0 Å². The van der Waals surface area contributed by atoms with Gasteiger partial charge >= 0.3 is 0 Å². The van der Waals surface area contributed by atoms with Crippen molar-refractivity contribution in [2.24, 2.45) is 0 Å². The molecule has 0 aliphatic heterocycles.